The first kappa shape index (κ1) is 30.2. The molecular formula is C38H51N3O2S. The molecule has 1 aromatic carbocycles. The molecule has 0 spiro atoms. The Morgan fingerprint density at radius 2 is 1.64 bits per heavy atom. The molecule has 3 aromatic rings. The summed E-state index contributed by atoms with van der Waals surface area (Å²) in [5.41, 5.74) is 5.96. The van der Waals surface area contributed by atoms with Crippen LogP contribution in [0.5, 0.6) is 0 Å². The molecule has 1 aliphatic heterocycles. The van der Waals surface area contributed by atoms with Gasteiger partial charge in [-0.15, -0.1) is 11.3 Å². The summed E-state index contributed by atoms with van der Waals surface area (Å²) in [5.74, 6) is 2.67. The highest BCUT2D eigenvalue weighted by Gasteiger charge is 2.50. The third-order valence-electron chi connectivity index (χ3n) is 11.7. The van der Waals surface area contributed by atoms with Crippen LogP contribution < -0.4 is 5.32 Å². The van der Waals surface area contributed by atoms with Crippen molar-refractivity contribution in [2.24, 2.45) is 23.7 Å². The predicted octanol–water partition coefficient (Wildman–Crippen LogP) is 8.11. The van der Waals surface area contributed by atoms with Crippen LogP contribution in [0.1, 0.15) is 99.6 Å². The van der Waals surface area contributed by atoms with Gasteiger partial charge in [0.15, 0.2) is 0 Å². The summed E-state index contributed by atoms with van der Waals surface area (Å²) in [5, 5.41) is 4.59. The van der Waals surface area contributed by atoms with E-state index in [4.69, 9.17) is 0 Å². The summed E-state index contributed by atoms with van der Waals surface area (Å²) in [6.07, 6.45) is 12.5. The van der Waals surface area contributed by atoms with E-state index in [2.05, 4.69) is 67.2 Å². The smallest absolute Gasteiger partial charge is 0.220 e. The molecule has 0 radical (unpaired) electrons. The Morgan fingerprint density at radius 1 is 0.955 bits per heavy atom. The summed E-state index contributed by atoms with van der Waals surface area (Å²) in [6, 6.07) is 9.59. The second kappa shape index (κ2) is 12.1. The fourth-order valence-corrected chi connectivity index (χ4v) is 10.5. The van der Waals surface area contributed by atoms with E-state index in [0.29, 0.717) is 36.0 Å². The molecule has 4 fully saturated rings. The van der Waals surface area contributed by atoms with Crippen molar-refractivity contribution < 1.29 is 9.59 Å². The van der Waals surface area contributed by atoms with Gasteiger partial charge >= 0.3 is 0 Å². The lowest BCUT2D eigenvalue weighted by atomic mass is 9.76. The van der Waals surface area contributed by atoms with Crippen molar-refractivity contribution in [3.8, 4) is 11.3 Å². The molecule has 44 heavy (non-hydrogen) atoms. The molecule has 3 saturated carbocycles. The molecule has 1 atom stereocenters. The monoisotopic (exact) mass is 613 g/mol. The van der Waals surface area contributed by atoms with Gasteiger partial charge in [-0.25, -0.2) is 0 Å². The zero-order valence-electron chi connectivity index (χ0n) is 27.3. The van der Waals surface area contributed by atoms with E-state index in [1.54, 1.807) is 11.3 Å². The Bertz CT molecular complexity index is 1500. The zero-order valence-corrected chi connectivity index (χ0v) is 28.1. The van der Waals surface area contributed by atoms with Crippen LogP contribution in [-0.2, 0) is 21.4 Å². The number of ketones is 1. The van der Waals surface area contributed by atoms with E-state index in [9.17, 15) is 9.59 Å². The SMILES string of the molecule is Cc1cc(C)cc(-c2[nH]c3sc(C(C)(C)C(=O)C4C5CCC4CC5)cc3c2CCN2CCC(CC(=O)NC3CCCC3)C2)c1. The number of likely N-dealkylation sites (tertiary alicyclic amines) is 1. The number of nitrogens with one attached hydrogen (secondary N) is 2. The largest absolute Gasteiger partial charge is 0.353 e. The van der Waals surface area contributed by atoms with Gasteiger partial charge in [-0.2, -0.15) is 0 Å². The van der Waals surface area contributed by atoms with E-state index in [-0.39, 0.29) is 11.8 Å². The number of hydrogen-bond donors (Lipinski definition) is 2. The summed E-state index contributed by atoms with van der Waals surface area (Å²) in [4.78, 5) is 35.6. The molecule has 1 saturated heterocycles. The van der Waals surface area contributed by atoms with Crippen molar-refractivity contribution in [1.82, 2.24) is 15.2 Å². The van der Waals surface area contributed by atoms with Gasteiger partial charge in [0, 0.05) is 41.7 Å². The second-order valence-electron chi connectivity index (χ2n) is 15.4. The number of nitrogens with zero attached hydrogens (tertiary/aromatic N) is 1. The maximum atomic E-state index is 14.0. The van der Waals surface area contributed by atoms with Crippen LogP contribution >= 0.6 is 11.3 Å². The molecule has 3 heterocycles. The molecule has 5 nitrogen and oxygen atoms in total. The Kier molecular flexibility index (Phi) is 8.28. The second-order valence-corrected chi connectivity index (χ2v) is 16.4. The first-order chi connectivity index (χ1) is 21.2. The molecule has 2 N–H and O–H groups in total. The number of aromatic nitrogens is 1. The van der Waals surface area contributed by atoms with Crippen LogP contribution in [0, 0.1) is 37.5 Å². The molecule has 1 amide bonds. The van der Waals surface area contributed by atoms with Gasteiger partial charge in [0.25, 0.3) is 0 Å². The minimum absolute atomic E-state index is 0.252. The van der Waals surface area contributed by atoms with Gasteiger partial charge in [-0.3, -0.25) is 9.59 Å². The number of thiophene rings is 1. The van der Waals surface area contributed by atoms with Crippen LogP contribution in [0.3, 0.4) is 0 Å². The number of H-pyrrole nitrogens is 1. The zero-order chi connectivity index (χ0) is 30.6. The highest BCUT2D eigenvalue weighted by molar-refractivity contribution is 7.19. The average molecular weight is 614 g/mol. The van der Waals surface area contributed by atoms with Crippen LogP contribution in [0.4, 0.5) is 0 Å². The van der Waals surface area contributed by atoms with Crippen molar-refractivity contribution in [3.05, 3.63) is 45.8 Å². The normalized spacial score (nSPS) is 25.9. The number of Topliss-reactive ketones (excluding diaryl/α,β-unsaturated/α-hetero) is 1. The lowest BCUT2D eigenvalue weighted by molar-refractivity contribution is -0.128. The molecule has 2 aromatic heterocycles. The number of rotatable bonds is 10. The van der Waals surface area contributed by atoms with Gasteiger partial charge in [0.2, 0.25) is 5.91 Å². The van der Waals surface area contributed by atoms with E-state index >= 15 is 0 Å². The predicted molar refractivity (Wildman–Crippen MR) is 181 cm³/mol. The van der Waals surface area contributed by atoms with E-state index in [1.165, 1.54) is 81.6 Å². The maximum Gasteiger partial charge on any atom is 0.220 e. The molecule has 2 bridgehead atoms. The molecular weight excluding hydrogens is 563 g/mol. The summed E-state index contributed by atoms with van der Waals surface area (Å²) < 4.78 is 0. The molecule has 1 unspecified atom stereocenters. The highest BCUT2D eigenvalue weighted by atomic mass is 32.1. The Morgan fingerprint density at radius 3 is 2.32 bits per heavy atom. The maximum absolute atomic E-state index is 14.0. The molecule has 3 aliphatic carbocycles. The molecule has 6 heteroatoms. The number of carbonyl (C=O) groups is 2. The van der Waals surface area contributed by atoms with Crippen LogP contribution in [0.15, 0.2) is 24.3 Å². The van der Waals surface area contributed by atoms with Gasteiger partial charge in [0.1, 0.15) is 10.6 Å². The van der Waals surface area contributed by atoms with E-state index in [1.807, 2.05) is 0 Å². The topological polar surface area (TPSA) is 65.2 Å². The third kappa shape index (κ3) is 5.82. The fraction of sp³-hybridized carbons (Fsp3) is 0.632. The van der Waals surface area contributed by atoms with Gasteiger partial charge < -0.3 is 15.2 Å². The number of fused-ring (bicyclic) bond motifs is 3. The number of aryl methyl sites for hydroxylation is 2. The summed E-state index contributed by atoms with van der Waals surface area (Å²) in [6.45, 7) is 11.8. The van der Waals surface area contributed by atoms with Crippen molar-refractivity contribution in [2.75, 3.05) is 19.6 Å². The minimum atomic E-state index is -0.459. The fourth-order valence-electron chi connectivity index (χ4n) is 9.35. The standard InChI is InChI=1S/C38H51N3O2S/c1-23-17-24(2)19-28(18-23)35-30(14-16-41-15-13-25(22-41)20-33(42)39-29-7-5-6-8-29)31-21-32(44-37(31)40-35)38(3,4)36(43)34-26-9-10-27(34)12-11-26/h17-19,21,25-27,29,34,40H,5-16,20,22H2,1-4H3,(H,39,42). The summed E-state index contributed by atoms with van der Waals surface area (Å²) in [7, 11) is 0. The van der Waals surface area contributed by atoms with Crippen LogP contribution in [0.2, 0.25) is 0 Å². The van der Waals surface area contributed by atoms with Gasteiger partial charge in [0.05, 0.1) is 11.1 Å². The van der Waals surface area contributed by atoms with Gasteiger partial charge in [-0.05, 0) is 133 Å². The van der Waals surface area contributed by atoms with E-state index < -0.39 is 5.41 Å². The van der Waals surface area contributed by atoms with Crippen LogP contribution in [0.25, 0.3) is 21.5 Å². The van der Waals surface area contributed by atoms with Crippen molar-refractivity contribution in [2.45, 2.75) is 110 Å². The first-order valence-electron chi connectivity index (χ1n) is 17.4. The Labute approximate surface area is 267 Å². The number of carbonyl (C=O) groups excluding carboxylic acids is 2. The van der Waals surface area contributed by atoms with Crippen molar-refractivity contribution in [1.29, 1.82) is 0 Å². The average Bonchev–Trinajstić information content (AvgIpc) is 3.82. The molecule has 4 aliphatic rings. The van der Waals surface area contributed by atoms with Crippen molar-refractivity contribution >= 4 is 33.2 Å². The lowest BCUT2D eigenvalue weighted by Crippen LogP contribution is -2.36. The Balaban J connectivity index is 1.11. The number of amides is 1. The van der Waals surface area contributed by atoms with E-state index in [0.717, 1.165) is 45.3 Å². The lowest BCUT2D eigenvalue weighted by Gasteiger charge is -2.27. The summed E-state index contributed by atoms with van der Waals surface area (Å²) >= 11 is 1.80. The first-order valence-corrected chi connectivity index (χ1v) is 18.3. The molecule has 7 rings (SSSR count). The Hall–Kier alpha value is -2.44. The number of benzene rings is 1. The molecule has 236 valence electrons. The number of aromatic amines is 1. The minimum Gasteiger partial charge on any atom is -0.353 e. The van der Waals surface area contributed by atoms with Gasteiger partial charge in [-0.1, -0.05) is 30.0 Å². The number of hydrogen-bond acceptors (Lipinski definition) is 4. The third-order valence-corrected chi connectivity index (χ3v) is 13.1. The van der Waals surface area contributed by atoms with Crippen molar-refractivity contribution in [3.63, 3.8) is 0 Å². The van der Waals surface area contributed by atoms with Crippen LogP contribution in [-0.4, -0.2) is 47.3 Å². The highest BCUT2D eigenvalue weighted by Crippen LogP contribution is 2.53. The quantitative estimate of drug-likeness (QED) is 0.243.